The molecule has 3 rings (SSSR count). The molecule has 0 spiro atoms. The zero-order valence-electron chi connectivity index (χ0n) is 13.2. The quantitative estimate of drug-likeness (QED) is 0.564. The van der Waals surface area contributed by atoms with E-state index in [0.29, 0.717) is 0 Å². The van der Waals surface area contributed by atoms with E-state index < -0.39 is 10.8 Å². The molecule has 0 aliphatic heterocycles. The summed E-state index contributed by atoms with van der Waals surface area (Å²) in [5, 5.41) is 12.5. The third-order valence-corrected chi connectivity index (χ3v) is 3.56. The van der Waals surface area contributed by atoms with Crippen molar-refractivity contribution in [1.82, 2.24) is 5.43 Å². The first kappa shape index (κ1) is 16.2. The highest BCUT2D eigenvalue weighted by Gasteiger charge is 2.16. The normalized spacial score (nSPS) is 10.1. The van der Waals surface area contributed by atoms with Crippen molar-refractivity contribution in [3.63, 3.8) is 0 Å². The van der Waals surface area contributed by atoms with Gasteiger partial charge in [0.25, 0.3) is 11.6 Å². The Balaban J connectivity index is 1.92. The third kappa shape index (κ3) is 3.81. The molecule has 1 N–H and O–H groups in total. The maximum Gasteiger partial charge on any atom is 0.270 e. The van der Waals surface area contributed by atoms with Crippen molar-refractivity contribution in [3.8, 4) is 0 Å². The van der Waals surface area contributed by atoms with Crippen molar-refractivity contribution in [2.24, 2.45) is 0 Å². The van der Waals surface area contributed by atoms with E-state index in [0.717, 1.165) is 11.4 Å². The van der Waals surface area contributed by atoms with Crippen molar-refractivity contribution in [2.75, 3.05) is 5.01 Å². The Bertz CT molecular complexity index is 843. The number of nitro groups is 1. The molecule has 0 aromatic heterocycles. The van der Waals surface area contributed by atoms with Crippen LogP contribution in [-0.4, -0.2) is 10.8 Å². The molecule has 0 heterocycles. The van der Waals surface area contributed by atoms with Crippen molar-refractivity contribution in [1.29, 1.82) is 0 Å². The molecular formula is C19H15N3O3. The van der Waals surface area contributed by atoms with Crippen molar-refractivity contribution < 1.29 is 9.72 Å². The van der Waals surface area contributed by atoms with Gasteiger partial charge in [0.05, 0.1) is 16.3 Å². The van der Waals surface area contributed by atoms with E-state index in [1.807, 2.05) is 60.7 Å². The number of amides is 1. The van der Waals surface area contributed by atoms with Gasteiger partial charge >= 0.3 is 0 Å². The average molecular weight is 333 g/mol. The van der Waals surface area contributed by atoms with Gasteiger partial charge in [-0.05, 0) is 30.3 Å². The summed E-state index contributed by atoms with van der Waals surface area (Å²) in [4.78, 5) is 23.0. The van der Waals surface area contributed by atoms with Crippen LogP contribution in [0.5, 0.6) is 0 Å². The molecule has 0 bridgehead atoms. The van der Waals surface area contributed by atoms with Crippen LogP contribution in [0.15, 0.2) is 84.9 Å². The maximum absolute atomic E-state index is 12.6. The highest BCUT2D eigenvalue weighted by atomic mass is 16.6. The molecule has 0 fully saturated rings. The minimum atomic E-state index is -0.525. The lowest BCUT2D eigenvalue weighted by molar-refractivity contribution is -0.384. The topological polar surface area (TPSA) is 75.5 Å². The molecule has 3 aromatic rings. The summed E-state index contributed by atoms with van der Waals surface area (Å²) in [5.41, 5.74) is 4.43. The van der Waals surface area contributed by atoms with E-state index in [2.05, 4.69) is 5.43 Å². The lowest BCUT2D eigenvalue weighted by atomic mass is 10.2. The molecule has 25 heavy (non-hydrogen) atoms. The van der Waals surface area contributed by atoms with Gasteiger partial charge in [0.15, 0.2) is 0 Å². The molecule has 3 aromatic carbocycles. The summed E-state index contributed by atoms with van der Waals surface area (Å²) in [5.74, 6) is -0.434. The highest BCUT2D eigenvalue weighted by Crippen LogP contribution is 2.23. The average Bonchev–Trinajstić information content (AvgIpc) is 2.67. The number of hydrazine groups is 1. The minimum Gasteiger partial charge on any atom is -0.267 e. The number of carbonyl (C=O) groups excluding carboxylic acids is 1. The van der Waals surface area contributed by atoms with Gasteiger partial charge in [0, 0.05) is 17.7 Å². The van der Waals surface area contributed by atoms with E-state index in [9.17, 15) is 14.9 Å². The van der Waals surface area contributed by atoms with Gasteiger partial charge in [0.1, 0.15) is 0 Å². The van der Waals surface area contributed by atoms with Crippen LogP contribution in [0.25, 0.3) is 0 Å². The summed E-state index contributed by atoms with van der Waals surface area (Å²) >= 11 is 0. The molecule has 0 aliphatic carbocycles. The fourth-order valence-corrected chi connectivity index (χ4v) is 2.36. The van der Waals surface area contributed by atoms with Gasteiger partial charge < -0.3 is 0 Å². The van der Waals surface area contributed by atoms with Crippen LogP contribution in [-0.2, 0) is 0 Å². The van der Waals surface area contributed by atoms with Crippen LogP contribution >= 0.6 is 0 Å². The Morgan fingerprint density at radius 3 is 1.92 bits per heavy atom. The summed E-state index contributed by atoms with van der Waals surface area (Å²) in [6, 6.07) is 24.3. The smallest absolute Gasteiger partial charge is 0.267 e. The van der Waals surface area contributed by atoms with E-state index in [1.54, 1.807) is 5.01 Å². The molecule has 0 aliphatic rings. The van der Waals surface area contributed by atoms with Crippen LogP contribution < -0.4 is 10.4 Å². The molecule has 0 saturated heterocycles. The predicted octanol–water partition coefficient (Wildman–Crippen LogP) is 4.08. The predicted molar refractivity (Wildman–Crippen MR) is 95.6 cm³/mol. The van der Waals surface area contributed by atoms with Crippen molar-refractivity contribution in [3.05, 3.63) is 101 Å². The molecule has 6 nitrogen and oxygen atoms in total. The molecule has 0 unspecified atom stereocenters. The molecular weight excluding hydrogens is 318 g/mol. The van der Waals surface area contributed by atoms with Crippen LogP contribution in [0.2, 0.25) is 0 Å². The van der Waals surface area contributed by atoms with Gasteiger partial charge in [-0.3, -0.25) is 25.3 Å². The number of carbonyl (C=O) groups is 1. The lowest BCUT2D eigenvalue weighted by Gasteiger charge is -2.25. The molecule has 0 atom stereocenters. The first-order chi connectivity index (χ1) is 12.1. The number of anilines is 2. The van der Waals surface area contributed by atoms with Gasteiger partial charge in [-0.25, -0.2) is 0 Å². The van der Waals surface area contributed by atoms with Gasteiger partial charge in [-0.2, -0.15) is 0 Å². The third-order valence-electron chi connectivity index (χ3n) is 3.56. The number of non-ortho nitro benzene ring substituents is 1. The van der Waals surface area contributed by atoms with Crippen molar-refractivity contribution in [2.45, 2.75) is 0 Å². The first-order valence-corrected chi connectivity index (χ1v) is 7.61. The SMILES string of the molecule is O=C(NN(c1ccccc1)c1ccccc1)c1cccc([N+](=O)[O-])c1. The number of nitrogens with one attached hydrogen (secondary N) is 1. The molecule has 1 amide bonds. The number of rotatable bonds is 5. The summed E-state index contributed by atoms with van der Waals surface area (Å²) < 4.78 is 0. The number of hydrogen-bond acceptors (Lipinski definition) is 4. The van der Waals surface area contributed by atoms with E-state index in [1.165, 1.54) is 24.3 Å². The van der Waals surface area contributed by atoms with Crippen molar-refractivity contribution >= 4 is 23.0 Å². The van der Waals surface area contributed by atoms with E-state index in [4.69, 9.17) is 0 Å². The lowest BCUT2D eigenvalue weighted by Crippen LogP contribution is -2.38. The van der Waals surface area contributed by atoms with Crippen LogP contribution in [0.1, 0.15) is 10.4 Å². The number of benzene rings is 3. The fourth-order valence-electron chi connectivity index (χ4n) is 2.36. The molecule has 0 saturated carbocycles. The Hall–Kier alpha value is -3.67. The van der Waals surface area contributed by atoms with Crippen LogP contribution in [0.4, 0.5) is 17.1 Å². The van der Waals surface area contributed by atoms with E-state index >= 15 is 0 Å². The van der Waals surface area contributed by atoms with Gasteiger partial charge in [-0.1, -0.05) is 42.5 Å². The summed E-state index contributed by atoms with van der Waals surface area (Å²) in [7, 11) is 0. The Morgan fingerprint density at radius 2 is 1.40 bits per heavy atom. The molecule has 124 valence electrons. The number of nitrogens with zero attached hydrogens (tertiary/aromatic N) is 2. The maximum atomic E-state index is 12.6. The highest BCUT2D eigenvalue weighted by molar-refractivity contribution is 5.96. The zero-order chi connectivity index (χ0) is 17.6. The second kappa shape index (κ2) is 7.27. The minimum absolute atomic E-state index is 0.126. The Labute approximate surface area is 144 Å². The number of hydrogen-bond donors (Lipinski definition) is 1. The van der Waals surface area contributed by atoms with E-state index in [-0.39, 0.29) is 11.3 Å². The van der Waals surface area contributed by atoms with Gasteiger partial charge in [-0.15, -0.1) is 0 Å². The van der Waals surface area contributed by atoms with Crippen LogP contribution in [0, 0.1) is 10.1 Å². The largest absolute Gasteiger partial charge is 0.270 e. The zero-order valence-corrected chi connectivity index (χ0v) is 13.2. The number of nitro benzene ring substituents is 1. The number of para-hydroxylation sites is 2. The standard InChI is InChI=1S/C19H15N3O3/c23-19(15-8-7-13-18(14-15)22(24)25)20-21(16-9-3-1-4-10-16)17-11-5-2-6-12-17/h1-14H,(H,20,23). The van der Waals surface area contributed by atoms with Gasteiger partial charge in [0.2, 0.25) is 0 Å². The monoisotopic (exact) mass is 333 g/mol. The Kier molecular flexibility index (Phi) is 4.71. The second-order valence-electron chi connectivity index (χ2n) is 5.25. The summed E-state index contributed by atoms with van der Waals surface area (Å²) in [6.07, 6.45) is 0. The molecule has 6 heteroatoms. The second-order valence-corrected chi connectivity index (χ2v) is 5.25. The first-order valence-electron chi connectivity index (χ1n) is 7.61. The van der Waals surface area contributed by atoms with Crippen LogP contribution in [0.3, 0.4) is 0 Å². The summed E-state index contributed by atoms with van der Waals surface area (Å²) in [6.45, 7) is 0. The molecule has 0 radical (unpaired) electrons. The Morgan fingerprint density at radius 1 is 0.840 bits per heavy atom. The fraction of sp³-hybridized carbons (Fsp3) is 0.